The lowest BCUT2D eigenvalue weighted by Gasteiger charge is -2.03. The van der Waals surface area contributed by atoms with Crippen molar-refractivity contribution in [3.8, 4) is 12.1 Å². The van der Waals surface area contributed by atoms with Crippen LogP contribution in [0, 0.1) is 22.7 Å². The Balaban J connectivity index is 2.89. The van der Waals surface area contributed by atoms with E-state index in [1.165, 1.54) is 0 Å². The lowest BCUT2D eigenvalue weighted by Crippen LogP contribution is -1.93. The first-order valence-electron chi connectivity index (χ1n) is 3.80. The number of hydrogen-bond acceptors (Lipinski definition) is 2. The predicted molar refractivity (Wildman–Crippen MR) is 52.7 cm³/mol. The van der Waals surface area contributed by atoms with Gasteiger partial charge in [-0.25, -0.2) is 0 Å². The number of benzene rings is 1. The van der Waals surface area contributed by atoms with E-state index in [0.717, 1.165) is 10.0 Å². The van der Waals surface area contributed by atoms with Gasteiger partial charge in [0.1, 0.15) is 0 Å². The van der Waals surface area contributed by atoms with Crippen molar-refractivity contribution >= 4 is 15.9 Å². The fourth-order valence-electron chi connectivity index (χ4n) is 1.02. The highest BCUT2D eigenvalue weighted by Crippen LogP contribution is 2.20. The van der Waals surface area contributed by atoms with Gasteiger partial charge in [0.05, 0.1) is 24.5 Å². The molecule has 1 rings (SSSR count). The molecule has 0 aliphatic rings. The molecule has 64 valence electrons. The summed E-state index contributed by atoms with van der Waals surface area (Å²) in [4.78, 5) is 0. The quantitative estimate of drug-likeness (QED) is 0.790. The van der Waals surface area contributed by atoms with Crippen LogP contribution in [0.5, 0.6) is 0 Å². The minimum Gasteiger partial charge on any atom is -0.198 e. The summed E-state index contributed by atoms with van der Waals surface area (Å²) < 4.78 is 0.977. The summed E-state index contributed by atoms with van der Waals surface area (Å²) in [5.74, 6) is -0.307. The number of nitriles is 2. The van der Waals surface area contributed by atoms with Crippen LogP contribution in [0.3, 0.4) is 0 Å². The minimum atomic E-state index is -0.307. The highest BCUT2D eigenvalue weighted by atomic mass is 79.9. The lowest BCUT2D eigenvalue weighted by atomic mass is 9.98. The van der Waals surface area contributed by atoms with Crippen LogP contribution in [0.4, 0.5) is 0 Å². The van der Waals surface area contributed by atoms with E-state index < -0.39 is 0 Å². The van der Waals surface area contributed by atoms with Gasteiger partial charge in [-0.15, -0.1) is 0 Å². The first kappa shape index (κ1) is 9.77. The van der Waals surface area contributed by atoms with Gasteiger partial charge in [0.25, 0.3) is 0 Å². The van der Waals surface area contributed by atoms with Crippen LogP contribution in [0.15, 0.2) is 28.7 Å². The molecule has 0 saturated carbocycles. The van der Waals surface area contributed by atoms with Crippen molar-refractivity contribution in [1.29, 1.82) is 10.5 Å². The van der Waals surface area contributed by atoms with Crippen molar-refractivity contribution in [2.75, 3.05) is 0 Å². The van der Waals surface area contributed by atoms with Gasteiger partial charge in [-0.2, -0.15) is 10.5 Å². The van der Waals surface area contributed by atoms with Crippen LogP contribution < -0.4 is 0 Å². The summed E-state index contributed by atoms with van der Waals surface area (Å²) in [7, 11) is 0. The van der Waals surface area contributed by atoms with Crippen molar-refractivity contribution in [3.05, 3.63) is 34.3 Å². The molecule has 0 aliphatic heterocycles. The summed E-state index contributed by atoms with van der Waals surface area (Å²) in [6, 6.07) is 11.6. The first-order valence-corrected chi connectivity index (χ1v) is 4.59. The molecule has 0 fully saturated rings. The summed E-state index contributed by atoms with van der Waals surface area (Å²) in [6.07, 6.45) is 0.248. The fourth-order valence-corrected chi connectivity index (χ4v) is 1.29. The van der Waals surface area contributed by atoms with E-state index in [0.29, 0.717) is 0 Å². The SMILES string of the molecule is N#CCC(C#N)c1ccc(Br)cc1. The monoisotopic (exact) mass is 234 g/mol. The molecule has 0 spiro atoms. The summed E-state index contributed by atoms with van der Waals surface area (Å²) in [5.41, 5.74) is 0.896. The maximum absolute atomic E-state index is 8.77. The number of hydrogen-bond donors (Lipinski definition) is 0. The summed E-state index contributed by atoms with van der Waals surface area (Å²) >= 11 is 3.31. The summed E-state index contributed by atoms with van der Waals surface area (Å²) in [6.45, 7) is 0. The van der Waals surface area contributed by atoms with Crippen LogP contribution in [0.1, 0.15) is 17.9 Å². The van der Waals surface area contributed by atoms with E-state index in [9.17, 15) is 0 Å². The Morgan fingerprint density at radius 1 is 1.23 bits per heavy atom. The average Bonchev–Trinajstić information content (AvgIpc) is 2.16. The zero-order chi connectivity index (χ0) is 9.68. The molecule has 0 saturated heterocycles. The van der Waals surface area contributed by atoms with Crippen LogP contribution in [0.2, 0.25) is 0 Å². The van der Waals surface area contributed by atoms with E-state index >= 15 is 0 Å². The Kier molecular flexibility index (Phi) is 3.49. The van der Waals surface area contributed by atoms with Gasteiger partial charge in [0.15, 0.2) is 0 Å². The topological polar surface area (TPSA) is 47.6 Å². The molecule has 0 aliphatic carbocycles. The highest BCUT2D eigenvalue weighted by molar-refractivity contribution is 9.10. The molecule has 1 aromatic rings. The van der Waals surface area contributed by atoms with Gasteiger partial charge in [-0.1, -0.05) is 28.1 Å². The standard InChI is InChI=1S/C10H7BrN2/c11-10-3-1-8(2-4-10)9(7-13)5-6-12/h1-4,9H,5H2. The van der Waals surface area contributed by atoms with Gasteiger partial charge < -0.3 is 0 Å². The third-order valence-corrected chi connectivity index (χ3v) is 2.25. The van der Waals surface area contributed by atoms with E-state index in [1.54, 1.807) is 0 Å². The smallest absolute Gasteiger partial charge is 0.0842 e. The van der Waals surface area contributed by atoms with Crippen LogP contribution >= 0.6 is 15.9 Å². The molecule has 0 amide bonds. The largest absolute Gasteiger partial charge is 0.198 e. The van der Waals surface area contributed by atoms with E-state index in [2.05, 4.69) is 22.0 Å². The van der Waals surface area contributed by atoms with Crippen molar-refractivity contribution in [1.82, 2.24) is 0 Å². The van der Waals surface area contributed by atoms with E-state index in [4.69, 9.17) is 10.5 Å². The van der Waals surface area contributed by atoms with Crippen LogP contribution in [-0.2, 0) is 0 Å². The van der Waals surface area contributed by atoms with Gasteiger partial charge >= 0.3 is 0 Å². The highest BCUT2D eigenvalue weighted by Gasteiger charge is 2.08. The number of halogens is 1. The zero-order valence-electron chi connectivity index (χ0n) is 6.87. The van der Waals surface area contributed by atoms with E-state index in [1.807, 2.05) is 30.3 Å². The van der Waals surface area contributed by atoms with Crippen LogP contribution in [0.25, 0.3) is 0 Å². The Bertz CT molecular complexity index is 356. The summed E-state index contributed by atoms with van der Waals surface area (Å²) in [5, 5.41) is 17.2. The molecule has 0 N–H and O–H groups in total. The average molecular weight is 235 g/mol. The second-order valence-corrected chi connectivity index (χ2v) is 3.51. The molecular weight excluding hydrogens is 228 g/mol. The van der Waals surface area contributed by atoms with Crippen molar-refractivity contribution in [3.63, 3.8) is 0 Å². The predicted octanol–water partition coefficient (Wildman–Crippen LogP) is 2.97. The normalized spacial score (nSPS) is 11.3. The molecule has 1 atom stereocenters. The Morgan fingerprint density at radius 3 is 2.31 bits per heavy atom. The van der Waals surface area contributed by atoms with Crippen LogP contribution in [-0.4, -0.2) is 0 Å². The third-order valence-electron chi connectivity index (χ3n) is 1.72. The molecule has 2 nitrogen and oxygen atoms in total. The van der Waals surface area contributed by atoms with Gasteiger partial charge in [0.2, 0.25) is 0 Å². The third kappa shape index (κ3) is 2.57. The second-order valence-electron chi connectivity index (χ2n) is 2.60. The molecule has 0 radical (unpaired) electrons. The Labute approximate surface area is 85.5 Å². The second kappa shape index (κ2) is 4.64. The van der Waals surface area contributed by atoms with Gasteiger partial charge in [0, 0.05) is 4.47 Å². The molecule has 0 aromatic heterocycles. The lowest BCUT2D eigenvalue weighted by molar-refractivity contribution is 0.886. The molecule has 13 heavy (non-hydrogen) atoms. The van der Waals surface area contributed by atoms with E-state index in [-0.39, 0.29) is 12.3 Å². The van der Waals surface area contributed by atoms with Crippen molar-refractivity contribution in [2.45, 2.75) is 12.3 Å². The first-order chi connectivity index (χ1) is 6.27. The van der Waals surface area contributed by atoms with Gasteiger partial charge in [-0.05, 0) is 17.7 Å². The molecular formula is C10H7BrN2. The Hall–Kier alpha value is -1.32. The molecule has 0 bridgehead atoms. The maximum atomic E-state index is 8.77. The maximum Gasteiger partial charge on any atom is 0.0842 e. The Morgan fingerprint density at radius 2 is 1.85 bits per heavy atom. The van der Waals surface area contributed by atoms with Crippen molar-refractivity contribution in [2.24, 2.45) is 0 Å². The minimum absolute atomic E-state index is 0.248. The van der Waals surface area contributed by atoms with Gasteiger partial charge in [-0.3, -0.25) is 0 Å². The van der Waals surface area contributed by atoms with Crippen molar-refractivity contribution < 1.29 is 0 Å². The number of rotatable bonds is 2. The fraction of sp³-hybridized carbons (Fsp3) is 0.200. The molecule has 3 heteroatoms. The number of nitrogens with zero attached hydrogens (tertiary/aromatic N) is 2. The molecule has 0 heterocycles. The zero-order valence-corrected chi connectivity index (χ0v) is 8.45. The molecule has 1 unspecified atom stereocenters. The molecule has 1 aromatic carbocycles.